The highest BCUT2D eigenvalue weighted by molar-refractivity contribution is 5.63. The number of nitrogens with zero attached hydrogens (tertiary/aromatic N) is 5. The Morgan fingerprint density at radius 3 is 2.70 bits per heavy atom. The van der Waals surface area contributed by atoms with Crippen LogP contribution < -0.4 is 14.8 Å². The van der Waals surface area contributed by atoms with Gasteiger partial charge >= 0.3 is 0 Å². The summed E-state index contributed by atoms with van der Waals surface area (Å²) in [5, 5.41) is 7.74. The summed E-state index contributed by atoms with van der Waals surface area (Å²) < 4.78 is 13.7. The first-order valence-corrected chi connectivity index (χ1v) is 10.8. The van der Waals surface area contributed by atoms with Crippen LogP contribution in [0.4, 0.5) is 11.5 Å². The molecule has 1 N–H and O–H groups in total. The van der Waals surface area contributed by atoms with Gasteiger partial charge in [-0.2, -0.15) is 10.1 Å². The van der Waals surface area contributed by atoms with E-state index in [1.165, 1.54) is 0 Å². The first kappa shape index (κ1) is 21.0. The van der Waals surface area contributed by atoms with Gasteiger partial charge in [0.25, 0.3) is 0 Å². The van der Waals surface area contributed by atoms with Crippen molar-refractivity contribution in [2.45, 2.75) is 19.6 Å². The van der Waals surface area contributed by atoms with E-state index in [-0.39, 0.29) is 6.10 Å². The second-order valence-corrected chi connectivity index (χ2v) is 8.12. The lowest BCUT2D eigenvalue weighted by Crippen LogP contribution is -2.24. The van der Waals surface area contributed by atoms with Crippen molar-refractivity contribution in [2.75, 3.05) is 26.0 Å². The SMILES string of the molecule is COc1cc(Nc2ccc3c(n2)OC(c2ccccc2)CN(C)C3)ccc1-n1cnc(C)n1. The van der Waals surface area contributed by atoms with Crippen LogP contribution in [0.5, 0.6) is 11.6 Å². The fourth-order valence-corrected chi connectivity index (χ4v) is 3.97. The summed E-state index contributed by atoms with van der Waals surface area (Å²) in [5.74, 6) is 2.74. The monoisotopic (exact) mass is 442 g/mol. The molecule has 0 saturated carbocycles. The Labute approximate surface area is 192 Å². The van der Waals surface area contributed by atoms with Crippen molar-refractivity contribution in [1.82, 2.24) is 24.6 Å². The lowest BCUT2D eigenvalue weighted by Gasteiger charge is -2.20. The van der Waals surface area contributed by atoms with Gasteiger partial charge in [0, 0.05) is 30.4 Å². The number of nitrogens with one attached hydrogen (secondary N) is 1. The molecule has 0 aliphatic carbocycles. The molecule has 33 heavy (non-hydrogen) atoms. The largest absolute Gasteiger partial charge is 0.494 e. The number of likely N-dealkylation sites (N-methyl/N-ethyl adjacent to an activating group) is 1. The zero-order valence-corrected chi connectivity index (χ0v) is 18.9. The van der Waals surface area contributed by atoms with Crippen LogP contribution in [0.3, 0.4) is 0 Å². The summed E-state index contributed by atoms with van der Waals surface area (Å²) in [5.41, 5.74) is 3.87. The maximum absolute atomic E-state index is 6.38. The highest BCUT2D eigenvalue weighted by Crippen LogP contribution is 2.32. The fraction of sp³-hybridized carbons (Fsp3) is 0.240. The molecule has 1 aliphatic rings. The van der Waals surface area contributed by atoms with Crippen LogP contribution in [-0.4, -0.2) is 45.4 Å². The quantitative estimate of drug-likeness (QED) is 0.494. The minimum Gasteiger partial charge on any atom is -0.494 e. The van der Waals surface area contributed by atoms with E-state index < -0.39 is 0 Å². The Kier molecular flexibility index (Phi) is 5.66. The Bertz CT molecular complexity index is 1260. The van der Waals surface area contributed by atoms with E-state index in [1.54, 1.807) is 18.1 Å². The van der Waals surface area contributed by atoms with Crippen LogP contribution in [0.25, 0.3) is 5.69 Å². The topological polar surface area (TPSA) is 77.3 Å². The van der Waals surface area contributed by atoms with Gasteiger partial charge in [-0.05, 0) is 43.8 Å². The Balaban J connectivity index is 1.41. The average molecular weight is 443 g/mol. The van der Waals surface area contributed by atoms with Crippen LogP contribution >= 0.6 is 0 Å². The first-order valence-electron chi connectivity index (χ1n) is 10.8. The highest BCUT2D eigenvalue weighted by Gasteiger charge is 2.23. The number of methoxy groups -OCH3 is 1. The van der Waals surface area contributed by atoms with Gasteiger partial charge in [0.2, 0.25) is 5.88 Å². The molecule has 5 rings (SSSR count). The number of hydrogen-bond acceptors (Lipinski definition) is 7. The molecule has 2 aromatic carbocycles. The summed E-state index contributed by atoms with van der Waals surface area (Å²) >= 11 is 0. The van der Waals surface area contributed by atoms with Crippen LogP contribution in [0.1, 0.15) is 23.1 Å². The molecule has 0 amide bonds. The molecule has 0 saturated heterocycles. The molecule has 1 atom stereocenters. The number of aryl methyl sites for hydroxylation is 1. The number of benzene rings is 2. The molecule has 2 aromatic heterocycles. The summed E-state index contributed by atoms with van der Waals surface area (Å²) in [4.78, 5) is 11.2. The normalized spacial score (nSPS) is 15.9. The van der Waals surface area contributed by atoms with Gasteiger partial charge < -0.3 is 14.8 Å². The third-order valence-corrected chi connectivity index (χ3v) is 5.59. The molecular formula is C25H26N6O2. The predicted molar refractivity (Wildman–Crippen MR) is 126 cm³/mol. The van der Waals surface area contributed by atoms with E-state index in [2.05, 4.69) is 45.5 Å². The number of hydrogen-bond donors (Lipinski definition) is 1. The van der Waals surface area contributed by atoms with E-state index in [0.717, 1.165) is 35.6 Å². The van der Waals surface area contributed by atoms with E-state index >= 15 is 0 Å². The fourth-order valence-electron chi connectivity index (χ4n) is 3.97. The minimum atomic E-state index is -0.0780. The van der Waals surface area contributed by atoms with Gasteiger partial charge in [0.05, 0.1) is 7.11 Å². The third kappa shape index (κ3) is 4.51. The Morgan fingerprint density at radius 1 is 1.09 bits per heavy atom. The number of anilines is 2. The second-order valence-electron chi connectivity index (χ2n) is 8.12. The van der Waals surface area contributed by atoms with Gasteiger partial charge in [-0.1, -0.05) is 30.3 Å². The van der Waals surface area contributed by atoms with Crippen molar-refractivity contribution in [3.05, 3.63) is 83.9 Å². The van der Waals surface area contributed by atoms with Crippen molar-refractivity contribution in [3.8, 4) is 17.3 Å². The summed E-state index contributed by atoms with van der Waals surface area (Å²) in [6, 6.07) is 20.1. The van der Waals surface area contributed by atoms with E-state index in [4.69, 9.17) is 14.5 Å². The van der Waals surface area contributed by atoms with Crippen LogP contribution in [0, 0.1) is 6.92 Å². The van der Waals surface area contributed by atoms with E-state index in [9.17, 15) is 0 Å². The minimum absolute atomic E-state index is 0.0780. The maximum Gasteiger partial charge on any atom is 0.220 e. The Hall–Kier alpha value is -3.91. The summed E-state index contributed by atoms with van der Waals surface area (Å²) in [6.07, 6.45) is 1.59. The standard InChI is InChI=1S/C25H26N6O2/c1-17-26-16-31(29-17)21-11-10-20(13-22(21)32-3)27-24-12-9-19-14-30(2)15-23(33-25(19)28-24)18-7-5-4-6-8-18/h4-13,16,23H,14-15H2,1-3H3,(H,27,28). The number of fused-ring (bicyclic) bond motifs is 1. The molecule has 3 heterocycles. The van der Waals surface area contributed by atoms with E-state index in [1.807, 2.05) is 49.4 Å². The van der Waals surface area contributed by atoms with Gasteiger partial charge in [-0.25, -0.2) is 9.67 Å². The maximum atomic E-state index is 6.38. The Morgan fingerprint density at radius 2 is 1.94 bits per heavy atom. The van der Waals surface area contributed by atoms with Crippen molar-refractivity contribution in [2.24, 2.45) is 0 Å². The second kappa shape index (κ2) is 8.91. The third-order valence-electron chi connectivity index (χ3n) is 5.59. The molecule has 8 heteroatoms. The number of pyridine rings is 1. The van der Waals surface area contributed by atoms with Gasteiger partial charge in [-0.15, -0.1) is 0 Å². The zero-order valence-electron chi connectivity index (χ0n) is 18.9. The molecule has 0 radical (unpaired) electrons. The summed E-state index contributed by atoms with van der Waals surface area (Å²) in [6.45, 7) is 3.43. The smallest absolute Gasteiger partial charge is 0.220 e. The molecule has 1 unspecified atom stereocenters. The van der Waals surface area contributed by atoms with Gasteiger partial charge in [0.15, 0.2) is 0 Å². The van der Waals surface area contributed by atoms with E-state index in [0.29, 0.717) is 23.3 Å². The number of rotatable bonds is 5. The molecule has 8 nitrogen and oxygen atoms in total. The average Bonchev–Trinajstić information content (AvgIpc) is 3.18. The van der Waals surface area contributed by atoms with Gasteiger partial charge in [0.1, 0.15) is 35.5 Å². The highest BCUT2D eigenvalue weighted by atomic mass is 16.5. The van der Waals surface area contributed by atoms with Crippen molar-refractivity contribution >= 4 is 11.5 Å². The van der Waals surface area contributed by atoms with Gasteiger partial charge in [-0.3, -0.25) is 4.90 Å². The molecule has 4 aromatic rings. The number of ether oxygens (including phenoxy) is 2. The lowest BCUT2D eigenvalue weighted by atomic mass is 10.1. The first-order chi connectivity index (χ1) is 16.1. The van der Waals surface area contributed by atoms with Crippen molar-refractivity contribution in [3.63, 3.8) is 0 Å². The lowest BCUT2D eigenvalue weighted by molar-refractivity contribution is 0.160. The van der Waals surface area contributed by atoms with Crippen LogP contribution in [-0.2, 0) is 6.54 Å². The molecule has 0 bridgehead atoms. The van der Waals surface area contributed by atoms with Crippen LogP contribution in [0.2, 0.25) is 0 Å². The molecule has 0 spiro atoms. The summed E-state index contributed by atoms with van der Waals surface area (Å²) in [7, 11) is 3.74. The van der Waals surface area contributed by atoms with Crippen LogP contribution in [0.15, 0.2) is 67.0 Å². The molecular weight excluding hydrogens is 416 g/mol. The van der Waals surface area contributed by atoms with Crippen molar-refractivity contribution in [1.29, 1.82) is 0 Å². The number of aromatic nitrogens is 4. The molecule has 1 aliphatic heterocycles. The van der Waals surface area contributed by atoms with Crippen molar-refractivity contribution < 1.29 is 9.47 Å². The molecule has 0 fully saturated rings. The molecule has 168 valence electrons. The zero-order chi connectivity index (χ0) is 22.8. The predicted octanol–water partition coefficient (Wildman–Crippen LogP) is 4.29.